The number of nitrogens with zero attached hydrogens (tertiary/aromatic N) is 3. The van der Waals surface area contributed by atoms with Crippen LogP contribution in [0, 0.1) is 5.92 Å². The van der Waals surface area contributed by atoms with Crippen LogP contribution in [0.5, 0.6) is 0 Å². The predicted molar refractivity (Wildman–Crippen MR) is 67.2 cm³/mol. The molecule has 0 bridgehead atoms. The van der Waals surface area contributed by atoms with Gasteiger partial charge in [0.15, 0.2) is 5.82 Å². The standard InChI is InChI=1S/C13H19N3/c1-10-9-16(3)11(2)8-12(10)15-13-6-4-5-7-14-13/h4-7,10-11H,8-9H2,1-3H3. The van der Waals surface area contributed by atoms with Crippen LogP contribution in [-0.2, 0) is 0 Å². The molecular formula is C13H19N3. The summed E-state index contributed by atoms with van der Waals surface area (Å²) >= 11 is 0. The number of hydrogen-bond acceptors (Lipinski definition) is 3. The molecule has 16 heavy (non-hydrogen) atoms. The number of hydrogen-bond donors (Lipinski definition) is 0. The first-order valence-electron chi connectivity index (χ1n) is 5.85. The van der Waals surface area contributed by atoms with Crippen LogP contribution in [0.25, 0.3) is 0 Å². The number of rotatable bonds is 1. The average Bonchev–Trinajstić information content (AvgIpc) is 2.27. The molecule has 0 aliphatic carbocycles. The molecule has 1 aliphatic heterocycles. The molecule has 0 radical (unpaired) electrons. The molecule has 0 saturated carbocycles. The first-order chi connectivity index (χ1) is 7.66. The van der Waals surface area contributed by atoms with E-state index in [4.69, 9.17) is 0 Å². The van der Waals surface area contributed by atoms with Gasteiger partial charge in [-0.15, -0.1) is 0 Å². The number of aliphatic imine (C=N–C) groups is 1. The van der Waals surface area contributed by atoms with Crippen LogP contribution in [-0.4, -0.2) is 35.2 Å². The molecule has 1 aliphatic rings. The van der Waals surface area contributed by atoms with Crippen LogP contribution in [0.1, 0.15) is 20.3 Å². The Kier molecular flexibility index (Phi) is 3.34. The lowest BCUT2D eigenvalue weighted by molar-refractivity contribution is 0.225. The lowest BCUT2D eigenvalue weighted by Crippen LogP contribution is -2.42. The van der Waals surface area contributed by atoms with Crippen molar-refractivity contribution in [3.8, 4) is 0 Å². The van der Waals surface area contributed by atoms with E-state index in [1.54, 1.807) is 6.20 Å². The minimum absolute atomic E-state index is 0.531. The third kappa shape index (κ3) is 2.47. The summed E-state index contributed by atoms with van der Waals surface area (Å²) in [5.74, 6) is 1.37. The third-order valence-corrected chi connectivity index (χ3v) is 3.30. The van der Waals surface area contributed by atoms with Crippen molar-refractivity contribution in [1.82, 2.24) is 9.88 Å². The molecule has 3 heteroatoms. The van der Waals surface area contributed by atoms with Crippen molar-refractivity contribution in [1.29, 1.82) is 0 Å². The first kappa shape index (κ1) is 11.3. The fourth-order valence-corrected chi connectivity index (χ4v) is 2.10. The van der Waals surface area contributed by atoms with Gasteiger partial charge in [0.2, 0.25) is 0 Å². The van der Waals surface area contributed by atoms with Crippen LogP contribution < -0.4 is 0 Å². The molecule has 2 unspecified atom stereocenters. The molecule has 86 valence electrons. The molecule has 0 aromatic carbocycles. The number of likely N-dealkylation sites (tertiary alicyclic amines) is 1. The lowest BCUT2D eigenvalue weighted by Gasteiger charge is -2.34. The first-order valence-corrected chi connectivity index (χ1v) is 5.85. The van der Waals surface area contributed by atoms with E-state index in [1.165, 1.54) is 5.71 Å². The second-order valence-corrected chi connectivity index (χ2v) is 4.68. The van der Waals surface area contributed by atoms with Crippen LogP contribution >= 0.6 is 0 Å². The van der Waals surface area contributed by atoms with Gasteiger partial charge in [-0.25, -0.2) is 9.98 Å². The zero-order valence-corrected chi connectivity index (χ0v) is 10.2. The van der Waals surface area contributed by atoms with E-state index in [-0.39, 0.29) is 0 Å². The highest BCUT2D eigenvalue weighted by molar-refractivity contribution is 5.89. The molecule has 2 heterocycles. The van der Waals surface area contributed by atoms with E-state index in [9.17, 15) is 0 Å². The van der Waals surface area contributed by atoms with Crippen molar-refractivity contribution >= 4 is 11.5 Å². The van der Waals surface area contributed by atoms with Crippen LogP contribution in [0.15, 0.2) is 29.4 Å². The van der Waals surface area contributed by atoms with Gasteiger partial charge in [-0.3, -0.25) is 0 Å². The van der Waals surface area contributed by atoms with Gasteiger partial charge in [-0.1, -0.05) is 13.0 Å². The van der Waals surface area contributed by atoms with E-state index in [1.807, 2.05) is 18.2 Å². The van der Waals surface area contributed by atoms with E-state index < -0.39 is 0 Å². The van der Waals surface area contributed by atoms with E-state index >= 15 is 0 Å². The molecule has 0 spiro atoms. The van der Waals surface area contributed by atoms with Gasteiger partial charge in [0.1, 0.15) is 0 Å². The van der Waals surface area contributed by atoms with Gasteiger partial charge in [0, 0.05) is 36.8 Å². The van der Waals surface area contributed by atoms with Gasteiger partial charge >= 0.3 is 0 Å². The Morgan fingerprint density at radius 2 is 2.19 bits per heavy atom. The highest BCUT2D eigenvalue weighted by Crippen LogP contribution is 2.20. The topological polar surface area (TPSA) is 28.5 Å². The van der Waals surface area contributed by atoms with Crippen molar-refractivity contribution in [2.45, 2.75) is 26.3 Å². The van der Waals surface area contributed by atoms with Gasteiger partial charge in [-0.05, 0) is 26.1 Å². The molecule has 1 saturated heterocycles. The summed E-state index contributed by atoms with van der Waals surface area (Å²) in [5.41, 5.74) is 1.28. The number of aromatic nitrogens is 1. The van der Waals surface area contributed by atoms with Gasteiger partial charge in [0.05, 0.1) is 0 Å². The summed E-state index contributed by atoms with van der Waals surface area (Å²) in [4.78, 5) is 11.3. The average molecular weight is 217 g/mol. The second kappa shape index (κ2) is 4.74. The highest BCUT2D eigenvalue weighted by atomic mass is 15.1. The fraction of sp³-hybridized carbons (Fsp3) is 0.538. The van der Waals surface area contributed by atoms with Crippen molar-refractivity contribution in [2.24, 2.45) is 10.9 Å². The Balaban J connectivity index is 2.18. The molecule has 1 aromatic heterocycles. The van der Waals surface area contributed by atoms with Crippen molar-refractivity contribution in [2.75, 3.05) is 13.6 Å². The summed E-state index contributed by atoms with van der Waals surface area (Å²) in [6, 6.07) is 6.45. The number of pyridine rings is 1. The Labute approximate surface area is 97.2 Å². The molecule has 2 atom stereocenters. The Bertz CT molecular complexity index is 372. The predicted octanol–water partition coefficient (Wildman–Crippen LogP) is 2.51. The maximum Gasteiger partial charge on any atom is 0.151 e. The molecule has 3 nitrogen and oxygen atoms in total. The monoisotopic (exact) mass is 217 g/mol. The van der Waals surface area contributed by atoms with Crippen molar-refractivity contribution < 1.29 is 0 Å². The van der Waals surface area contributed by atoms with E-state index in [2.05, 4.69) is 35.8 Å². The smallest absolute Gasteiger partial charge is 0.151 e. The maximum atomic E-state index is 4.66. The summed E-state index contributed by atoms with van der Waals surface area (Å²) in [6.07, 6.45) is 2.84. The SMILES string of the molecule is CC1CN(C)C(C)CC1=Nc1ccccn1. The Morgan fingerprint density at radius 3 is 2.88 bits per heavy atom. The minimum atomic E-state index is 0.531. The molecule has 0 amide bonds. The van der Waals surface area contributed by atoms with Crippen LogP contribution in [0.4, 0.5) is 5.82 Å². The maximum absolute atomic E-state index is 4.66. The Morgan fingerprint density at radius 1 is 1.38 bits per heavy atom. The van der Waals surface area contributed by atoms with Crippen LogP contribution in [0.3, 0.4) is 0 Å². The third-order valence-electron chi connectivity index (χ3n) is 3.30. The Hall–Kier alpha value is -1.22. The molecule has 1 aromatic rings. The van der Waals surface area contributed by atoms with Gasteiger partial charge in [-0.2, -0.15) is 0 Å². The zero-order valence-electron chi connectivity index (χ0n) is 10.2. The molecular weight excluding hydrogens is 198 g/mol. The molecule has 1 fully saturated rings. The molecule has 2 rings (SSSR count). The van der Waals surface area contributed by atoms with E-state index in [0.29, 0.717) is 12.0 Å². The summed E-state index contributed by atoms with van der Waals surface area (Å²) in [6.45, 7) is 5.58. The lowest BCUT2D eigenvalue weighted by atomic mass is 9.93. The summed E-state index contributed by atoms with van der Waals surface area (Å²) in [5, 5.41) is 0. The normalized spacial score (nSPS) is 29.6. The molecule has 0 N–H and O–H groups in total. The van der Waals surface area contributed by atoms with Crippen LogP contribution in [0.2, 0.25) is 0 Å². The minimum Gasteiger partial charge on any atom is -0.303 e. The van der Waals surface area contributed by atoms with E-state index in [0.717, 1.165) is 18.8 Å². The summed E-state index contributed by atoms with van der Waals surface area (Å²) in [7, 11) is 2.18. The number of piperidine rings is 1. The zero-order chi connectivity index (χ0) is 11.5. The highest BCUT2D eigenvalue weighted by Gasteiger charge is 2.24. The second-order valence-electron chi connectivity index (χ2n) is 4.68. The summed E-state index contributed by atoms with van der Waals surface area (Å²) < 4.78 is 0. The fourth-order valence-electron chi connectivity index (χ4n) is 2.10. The largest absolute Gasteiger partial charge is 0.303 e. The van der Waals surface area contributed by atoms with Gasteiger partial charge in [0.25, 0.3) is 0 Å². The van der Waals surface area contributed by atoms with Crippen molar-refractivity contribution in [3.05, 3.63) is 24.4 Å². The van der Waals surface area contributed by atoms with Crippen molar-refractivity contribution in [3.63, 3.8) is 0 Å². The quantitative estimate of drug-likeness (QED) is 0.723. The van der Waals surface area contributed by atoms with Gasteiger partial charge < -0.3 is 4.90 Å².